The summed E-state index contributed by atoms with van der Waals surface area (Å²) >= 11 is 0. The lowest BCUT2D eigenvalue weighted by molar-refractivity contribution is -0.122. The van der Waals surface area contributed by atoms with Crippen molar-refractivity contribution in [3.63, 3.8) is 0 Å². The molecule has 3 atom stereocenters. The molecule has 1 heterocycles. The number of carbonyl (C=O) groups is 1. The fourth-order valence-corrected chi connectivity index (χ4v) is 3.27. The van der Waals surface area contributed by atoms with E-state index in [-0.39, 0.29) is 5.91 Å². The minimum Gasteiger partial charge on any atom is -0.353 e. The Hall–Kier alpha value is -0.570. The van der Waals surface area contributed by atoms with Gasteiger partial charge in [0, 0.05) is 12.5 Å². The molecular weight excluding hydrogens is 212 g/mol. The fourth-order valence-electron chi connectivity index (χ4n) is 3.27. The van der Waals surface area contributed by atoms with Gasteiger partial charge in [-0.2, -0.15) is 0 Å². The first-order valence-electron chi connectivity index (χ1n) is 7.29. The van der Waals surface area contributed by atoms with Gasteiger partial charge in [0.1, 0.15) is 0 Å². The van der Waals surface area contributed by atoms with Gasteiger partial charge in [0.05, 0.1) is 0 Å². The smallest absolute Gasteiger partial charge is 0.220 e. The lowest BCUT2D eigenvalue weighted by atomic mass is 9.79. The van der Waals surface area contributed by atoms with Crippen molar-refractivity contribution in [2.24, 2.45) is 11.8 Å². The van der Waals surface area contributed by atoms with Crippen molar-refractivity contribution >= 4 is 5.91 Å². The molecule has 0 spiro atoms. The van der Waals surface area contributed by atoms with Crippen molar-refractivity contribution in [3.8, 4) is 0 Å². The summed E-state index contributed by atoms with van der Waals surface area (Å²) in [6.45, 7) is 4.53. The zero-order valence-corrected chi connectivity index (χ0v) is 11.0. The van der Waals surface area contributed by atoms with E-state index in [2.05, 4.69) is 17.6 Å². The lowest BCUT2D eigenvalue weighted by Gasteiger charge is -2.31. The van der Waals surface area contributed by atoms with Gasteiger partial charge in [-0.1, -0.05) is 19.8 Å². The molecule has 0 aromatic heterocycles. The normalized spacial score (nSPS) is 32.2. The monoisotopic (exact) mass is 238 g/mol. The number of rotatable bonds is 5. The summed E-state index contributed by atoms with van der Waals surface area (Å²) in [6.07, 6.45) is 7.79. The maximum atomic E-state index is 11.8. The Kier molecular flexibility index (Phi) is 4.84. The largest absolute Gasteiger partial charge is 0.353 e. The Bertz CT molecular complexity index is 255. The molecule has 0 radical (unpaired) electrons. The Labute approximate surface area is 105 Å². The molecule has 1 amide bonds. The highest BCUT2D eigenvalue weighted by Gasteiger charge is 2.33. The van der Waals surface area contributed by atoms with Gasteiger partial charge < -0.3 is 10.6 Å². The second-order valence-electron chi connectivity index (χ2n) is 5.71. The van der Waals surface area contributed by atoms with E-state index in [0.29, 0.717) is 6.04 Å². The number of carbonyl (C=O) groups excluding carboxylic acids is 1. The Morgan fingerprint density at radius 2 is 2.06 bits per heavy atom. The second-order valence-corrected chi connectivity index (χ2v) is 5.71. The second kappa shape index (κ2) is 6.39. The van der Waals surface area contributed by atoms with Crippen LogP contribution in [0.4, 0.5) is 0 Å². The topological polar surface area (TPSA) is 41.1 Å². The molecule has 3 nitrogen and oxygen atoms in total. The predicted molar refractivity (Wildman–Crippen MR) is 69.8 cm³/mol. The van der Waals surface area contributed by atoms with Crippen molar-refractivity contribution < 1.29 is 4.79 Å². The van der Waals surface area contributed by atoms with Crippen LogP contribution in [0.5, 0.6) is 0 Å². The number of nitrogens with one attached hydrogen (secondary N) is 2. The van der Waals surface area contributed by atoms with Crippen LogP contribution in [0.15, 0.2) is 0 Å². The molecule has 17 heavy (non-hydrogen) atoms. The molecule has 2 N–H and O–H groups in total. The molecule has 1 aliphatic heterocycles. The lowest BCUT2D eigenvalue weighted by Crippen LogP contribution is -2.40. The van der Waals surface area contributed by atoms with E-state index in [1.165, 1.54) is 38.6 Å². The number of hydrogen-bond donors (Lipinski definition) is 2. The van der Waals surface area contributed by atoms with Crippen LogP contribution in [0.2, 0.25) is 0 Å². The number of hydrogen-bond acceptors (Lipinski definition) is 2. The van der Waals surface area contributed by atoms with E-state index >= 15 is 0 Å². The molecule has 3 heteroatoms. The third kappa shape index (κ3) is 3.70. The van der Waals surface area contributed by atoms with E-state index < -0.39 is 0 Å². The van der Waals surface area contributed by atoms with Gasteiger partial charge in [-0.25, -0.2) is 0 Å². The standard InChI is InChI=1S/C14H26N2O/c1-2-3-4-5-14(17)16-13-7-6-11-9-15-10-12(11)8-13/h11-13,15H,2-10H2,1H3,(H,16,17)/t11-,12+,13?/m0/s1. The van der Waals surface area contributed by atoms with E-state index in [1.807, 2.05) is 0 Å². The van der Waals surface area contributed by atoms with Crippen molar-refractivity contribution in [2.75, 3.05) is 13.1 Å². The SMILES string of the molecule is CCCCCC(=O)NC1CC[C@H]2CNC[C@H]2C1. The third-order valence-electron chi connectivity index (χ3n) is 4.33. The molecule has 0 aromatic rings. The zero-order valence-electron chi connectivity index (χ0n) is 11.0. The van der Waals surface area contributed by atoms with Crippen molar-refractivity contribution in [1.82, 2.24) is 10.6 Å². The van der Waals surface area contributed by atoms with Crippen LogP contribution in [-0.2, 0) is 4.79 Å². The molecule has 2 fully saturated rings. The molecule has 98 valence electrons. The Balaban J connectivity index is 1.67. The van der Waals surface area contributed by atoms with Gasteiger partial charge in [-0.3, -0.25) is 4.79 Å². The first-order valence-corrected chi connectivity index (χ1v) is 7.29. The summed E-state index contributed by atoms with van der Waals surface area (Å²) in [5.41, 5.74) is 0. The van der Waals surface area contributed by atoms with Crippen LogP contribution in [0.25, 0.3) is 0 Å². The summed E-state index contributed by atoms with van der Waals surface area (Å²) in [6, 6.07) is 0.449. The van der Waals surface area contributed by atoms with Crippen LogP contribution in [0.1, 0.15) is 51.9 Å². The average molecular weight is 238 g/mol. The van der Waals surface area contributed by atoms with E-state index in [4.69, 9.17) is 0 Å². The maximum Gasteiger partial charge on any atom is 0.220 e. The van der Waals surface area contributed by atoms with Gasteiger partial charge in [0.2, 0.25) is 5.91 Å². The summed E-state index contributed by atoms with van der Waals surface area (Å²) < 4.78 is 0. The summed E-state index contributed by atoms with van der Waals surface area (Å²) in [7, 11) is 0. The van der Waals surface area contributed by atoms with E-state index in [9.17, 15) is 4.79 Å². The fraction of sp³-hybridized carbons (Fsp3) is 0.929. The molecule has 1 unspecified atom stereocenters. The minimum atomic E-state index is 0.271. The third-order valence-corrected chi connectivity index (χ3v) is 4.33. The highest BCUT2D eigenvalue weighted by molar-refractivity contribution is 5.76. The van der Waals surface area contributed by atoms with Crippen molar-refractivity contribution in [2.45, 2.75) is 57.9 Å². The number of fused-ring (bicyclic) bond motifs is 1. The molecular formula is C14H26N2O. The molecule has 1 saturated carbocycles. The van der Waals surface area contributed by atoms with Crippen LogP contribution in [0.3, 0.4) is 0 Å². The molecule has 2 aliphatic rings. The Morgan fingerprint density at radius 1 is 1.24 bits per heavy atom. The minimum absolute atomic E-state index is 0.271. The molecule has 1 saturated heterocycles. The zero-order chi connectivity index (χ0) is 12.1. The van der Waals surface area contributed by atoms with Gasteiger partial charge in [0.25, 0.3) is 0 Å². The summed E-state index contributed by atoms with van der Waals surface area (Å²) in [5, 5.41) is 6.69. The van der Waals surface area contributed by atoms with Crippen LogP contribution < -0.4 is 10.6 Å². The van der Waals surface area contributed by atoms with Gasteiger partial charge in [0.15, 0.2) is 0 Å². The summed E-state index contributed by atoms with van der Waals surface area (Å²) in [4.78, 5) is 11.8. The predicted octanol–water partition coefficient (Wildman–Crippen LogP) is 2.07. The first-order chi connectivity index (χ1) is 8.29. The van der Waals surface area contributed by atoms with Crippen LogP contribution in [-0.4, -0.2) is 25.0 Å². The Morgan fingerprint density at radius 3 is 2.88 bits per heavy atom. The number of unbranched alkanes of at least 4 members (excludes halogenated alkanes) is 2. The van der Waals surface area contributed by atoms with E-state index in [1.54, 1.807) is 0 Å². The molecule has 2 rings (SSSR count). The highest BCUT2D eigenvalue weighted by Crippen LogP contribution is 2.32. The quantitative estimate of drug-likeness (QED) is 0.720. The summed E-state index contributed by atoms with van der Waals surface area (Å²) in [5.74, 6) is 1.96. The molecule has 1 aliphatic carbocycles. The highest BCUT2D eigenvalue weighted by atomic mass is 16.1. The van der Waals surface area contributed by atoms with Crippen LogP contribution >= 0.6 is 0 Å². The maximum absolute atomic E-state index is 11.8. The van der Waals surface area contributed by atoms with E-state index in [0.717, 1.165) is 31.2 Å². The average Bonchev–Trinajstić information content (AvgIpc) is 2.76. The van der Waals surface area contributed by atoms with Crippen LogP contribution in [0, 0.1) is 11.8 Å². The van der Waals surface area contributed by atoms with Crippen molar-refractivity contribution in [3.05, 3.63) is 0 Å². The van der Waals surface area contributed by atoms with Crippen molar-refractivity contribution in [1.29, 1.82) is 0 Å². The van der Waals surface area contributed by atoms with Gasteiger partial charge >= 0.3 is 0 Å². The molecule has 0 bridgehead atoms. The van der Waals surface area contributed by atoms with Gasteiger partial charge in [-0.15, -0.1) is 0 Å². The molecule has 0 aromatic carbocycles. The first kappa shape index (κ1) is 12.9. The van der Waals surface area contributed by atoms with Gasteiger partial charge in [-0.05, 0) is 50.6 Å². The number of amides is 1.